The van der Waals surface area contributed by atoms with Crippen molar-refractivity contribution < 1.29 is 19.1 Å². The van der Waals surface area contributed by atoms with Crippen LogP contribution in [0.1, 0.15) is 32.6 Å². The van der Waals surface area contributed by atoms with Gasteiger partial charge < -0.3 is 20.3 Å². The average Bonchev–Trinajstić information content (AvgIpc) is 3.29. The molecule has 2 fully saturated rings. The third kappa shape index (κ3) is 4.09. The van der Waals surface area contributed by atoms with Gasteiger partial charge in [-0.3, -0.25) is 9.59 Å². The highest BCUT2D eigenvalue weighted by molar-refractivity contribution is 5.85. The van der Waals surface area contributed by atoms with Gasteiger partial charge in [0, 0.05) is 19.1 Å². The summed E-state index contributed by atoms with van der Waals surface area (Å²) < 4.78 is 4.93. The predicted octanol–water partition coefficient (Wildman–Crippen LogP) is 0.331. The van der Waals surface area contributed by atoms with Gasteiger partial charge in [0.05, 0.1) is 12.5 Å². The van der Waals surface area contributed by atoms with Gasteiger partial charge in [0.1, 0.15) is 6.54 Å². The molecule has 7 heteroatoms. The molecule has 1 saturated carbocycles. The van der Waals surface area contributed by atoms with Crippen molar-refractivity contribution in [1.82, 2.24) is 9.80 Å². The molecule has 1 unspecified atom stereocenters. The number of urea groups is 1. The van der Waals surface area contributed by atoms with Gasteiger partial charge in [0.2, 0.25) is 5.91 Å². The Morgan fingerprint density at radius 2 is 2.00 bits per heavy atom. The minimum atomic E-state index is -0.490. The molecule has 118 valence electrons. The number of carbonyl (C=O) groups excluding carboxylic acids is 3. The van der Waals surface area contributed by atoms with E-state index in [1.807, 2.05) is 0 Å². The zero-order valence-corrected chi connectivity index (χ0v) is 12.4. The number of nitrogens with two attached hydrogens (primary N) is 1. The number of piperidine rings is 1. The van der Waals surface area contributed by atoms with Crippen LogP contribution in [0.2, 0.25) is 0 Å². The summed E-state index contributed by atoms with van der Waals surface area (Å²) in [7, 11) is 0. The molecule has 0 aromatic heterocycles. The van der Waals surface area contributed by atoms with E-state index in [1.165, 1.54) is 4.90 Å². The van der Waals surface area contributed by atoms with E-state index in [-0.39, 0.29) is 30.4 Å². The van der Waals surface area contributed by atoms with Gasteiger partial charge >= 0.3 is 12.0 Å². The van der Waals surface area contributed by atoms with Crippen LogP contribution in [0.5, 0.6) is 0 Å². The highest BCUT2D eigenvalue weighted by Crippen LogP contribution is 2.30. The number of hydrogen-bond donors (Lipinski definition) is 1. The molecule has 1 atom stereocenters. The number of nitrogens with zero attached hydrogens (tertiary/aromatic N) is 2. The molecule has 2 N–H and O–H groups in total. The molecule has 0 aromatic rings. The Morgan fingerprint density at radius 1 is 1.29 bits per heavy atom. The Labute approximate surface area is 124 Å². The van der Waals surface area contributed by atoms with Crippen LogP contribution in [0.3, 0.4) is 0 Å². The van der Waals surface area contributed by atoms with E-state index >= 15 is 0 Å². The molecule has 2 rings (SSSR count). The standard InChI is InChI=1S/C14H23N3O4/c1-2-21-12(18)9-17(11-5-6-11)13(19)10-4-3-7-16(8-10)14(15)20/h10-11H,2-9H2,1H3,(H2,15,20). The Kier molecular flexibility index (Phi) is 5.03. The Morgan fingerprint density at radius 3 is 2.57 bits per heavy atom. The van der Waals surface area contributed by atoms with Gasteiger partial charge in [0.15, 0.2) is 0 Å². The number of esters is 1. The van der Waals surface area contributed by atoms with Gasteiger partial charge in [-0.2, -0.15) is 0 Å². The van der Waals surface area contributed by atoms with E-state index in [4.69, 9.17) is 10.5 Å². The maximum Gasteiger partial charge on any atom is 0.325 e. The molecule has 21 heavy (non-hydrogen) atoms. The van der Waals surface area contributed by atoms with Crippen molar-refractivity contribution in [3.8, 4) is 0 Å². The molecule has 1 aliphatic heterocycles. The summed E-state index contributed by atoms with van der Waals surface area (Å²) in [5, 5.41) is 0. The van der Waals surface area contributed by atoms with Gasteiger partial charge in [-0.15, -0.1) is 0 Å². The summed E-state index contributed by atoms with van der Waals surface area (Å²) in [5.41, 5.74) is 5.29. The summed E-state index contributed by atoms with van der Waals surface area (Å²) >= 11 is 0. The minimum Gasteiger partial charge on any atom is -0.465 e. The lowest BCUT2D eigenvalue weighted by Crippen LogP contribution is -2.49. The third-order valence-electron chi connectivity index (χ3n) is 3.96. The first kappa shape index (κ1) is 15.6. The van der Waals surface area contributed by atoms with Gasteiger partial charge in [-0.25, -0.2) is 4.79 Å². The maximum atomic E-state index is 12.6. The monoisotopic (exact) mass is 297 g/mol. The molecule has 3 amide bonds. The van der Waals surface area contributed by atoms with E-state index in [9.17, 15) is 14.4 Å². The second kappa shape index (κ2) is 6.78. The summed E-state index contributed by atoms with van der Waals surface area (Å²) in [4.78, 5) is 38.6. The number of ether oxygens (including phenoxy) is 1. The lowest BCUT2D eigenvalue weighted by Gasteiger charge is -2.34. The first-order chi connectivity index (χ1) is 10.0. The number of primary amides is 1. The van der Waals surface area contributed by atoms with Gasteiger partial charge in [0.25, 0.3) is 0 Å². The number of rotatable bonds is 5. The predicted molar refractivity (Wildman–Crippen MR) is 75.2 cm³/mol. The molecule has 0 bridgehead atoms. The highest BCUT2D eigenvalue weighted by Gasteiger charge is 2.38. The first-order valence-electron chi connectivity index (χ1n) is 7.53. The van der Waals surface area contributed by atoms with E-state index in [0.717, 1.165) is 25.7 Å². The van der Waals surface area contributed by atoms with Crippen molar-refractivity contribution in [1.29, 1.82) is 0 Å². The van der Waals surface area contributed by atoms with Crippen molar-refractivity contribution in [2.45, 2.75) is 38.6 Å². The van der Waals surface area contributed by atoms with Crippen LogP contribution in [0.25, 0.3) is 0 Å². The molecular formula is C14H23N3O4. The van der Waals surface area contributed by atoms with Gasteiger partial charge in [-0.1, -0.05) is 0 Å². The quantitative estimate of drug-likeness (QED) is 0.740. The molecule has 0 radical (unpaired) electrons. The molecule has 2 aliphatic rings. The summed E-state index contributed by atoms with van der Waals surface area (Å²) in [5.74, 6) is -0.696. The average molecular weight is 297 g/mol. The van der Waals surface area contributed by atoms with E-state index < -0.39 is 6.03 Å². The molecule has 1 aliphatic carbocycles. The van der Waals surface area contributed by atoms with Crippen molar-refractivity contribution in [2.75, 3.05) is 26.2 Å². The molecule has 1 saturated heterocycles. The summed E-state index contributed by atoms with van der Waals surface area (Å²) in [6.45, 7) is 3.00. The largest absolute Gasteiger partial charge is 0.465 e. The third-order valence-corrected chi connectivity index (χ3v) is 3.96. The van der Waals surface area contributed by atoms with E-state index in [0.29, 0.717) is 19.7 Å². The molecule has 0 spiro atoms. The van der Waals surface area contributed by atoms with Crippen LogP contribution in [-0.4, -0.2) is 60.0 Å². The van der Waals surface area contributed by atoms with E-state index in [2.05, 4.69) is 0 Å². The van der Waals surface area contributed by atoms with E-state index in [1.54, 1.807) is 11.8 Å². The summed E-state index contributed by atoms with van der Waals surface area (Å²) in [6.07, 6.45) is 3.35. The SMILES string of the molecule is CCOC(=O)CN(C(=O)C1CCCN(C(N)=O)C1)C1CC1. The number of hydrogen-bond acceptors (Lipinski definition) is 4. The zero-order chi connectivity index (χ0) is 15.4. The normalized spacial score (nSPS) is 21.8. The van der Waals surface area contributed by atoms with Crippen molar-refractivity contribution in [2.24, 2.45) is 11.7 Å². The van der Waals surface area contributed by atoms with Crippen LogP contribution < -0.4 is 5.73 Å². The van der Waals surface area contributed by atoms with Crippen molar-refractivity contribution >= 4 is 17.9 Å². The topological polar surface area (TPSA) is 92.9 Å². The van der Waals surface area contributed by atoms with Crippen LogP contribution in [0.4, 0.5) is 4.79 Å². The number of carbonyl (C=O) groups is 3. The highest BCUT2D eigenvalue weighted by atomic mass is 16.5. The second-order valence-corrected chi connectivity index (χ2v) is 5.63. The zero-order valence-electron chi connectivity index (χ0n) is 12.4. The lowest BCUT2D eigenvalue weighted by atomic mass is 9.96. The summed E-state index contributed by atoms with van der Waals surface area (Å²) in [6, 6.07) is -0.346. The molecular weight excluding hydrogens is 274 g/mol. The smallest absolute Gasteiger partial charge is 0.325 e. The first-order valence-corrected chi connectivity index (χ1v) is 7.53. The lowest BCUT2D eigenvalue weighted by molar-refractivity contribution is -0.151. The van der Waals surface area contributed by atoms with Crippen LogP contribution >= 0.6 is 0 Å². The Hall–Kier alpha value is -1.79. The molecule has 7 nitrogen and oxygen atoms in total. The Bertz CT molecular complexity index is 422. The van der Waals surface area contributed by atoms with Gasteiger partial charge in [-0.05, 0) is 32.6 Å². The maximum absolute atomic E-state index is 12.6. The molecule has 1 heterocycles. The van der Waals surface area contributed by atoms with Crippen LogP contribution in [-0.2, 0) is 14.3 Å². The minimum absolute atomic E-state index is 0.00438. The van der Waals surface area contributed by atoms with Crippen LogP contribution in [0.15, 0.2) is 0 Å². The fraction of sp³-hybridized carbons (Fsp3) is 0.786. The molecule has 0 aromatic carbocycles. The van der Waals surface area contributed by atoms with Crippen molar-refractivity contribution in [3.05, 3.63) is 0 Å². The van der Waals surface area contributed by atoms with Crippen molar-refractivity contribution in [3.63, 3.8) is 0 Å². The van der Waals surface area contributed by atoms with Crippen LogP contribution in [0, 0.1) is 5.92 Å². The number of likely N-dealkylation sites (tertiary alicyclic amines) is 1. The fourth-order valence-corrected chi connectivity index (χ4v) is 2.73. The number of amides is 3. The fourth-order valence-electron chi connectivity index (χ4n) is 2.73. The Balaban J connectivity index is 1.97. The second-order valence-electron chi connectivity index (χ2n) is 5.63.